The van der Waals surface area contributed by atoms with Crippen LogP contribution in [0.25, 0.3) is 10.9 Å². The van der Waals surface area contributed by atoms with Gasteiger partial charge < -0.3 is 10.0 Å². The summed E-state index contributed by atoms with van der Waals surface area (Å²) in [6, 6.07) is 11.6. The molecular formula is C15H13BClFN2O2. The van der Waals surface area contributed by atoms with Crippen LogP contribution in [0.3, 0.4) is 0 Å². The molecule has 0 spiro atoms. The van der Waals surface area contributed by atoms with Crippen LogP contribution in [-0.2, 0) is 6.54 Å². The average molecular weight is 319 g/mol. The summed E-state index contributed by atoms with van der Waals surface area (Å²) in [6.45, 7) is 0.0390. The van der Waals surface area contributed by atoms with Crippen LogP contribution in [0, 0.1) is 0 Å². The normalized spacial score (nSPS) is 12.5. The van der Waals surface area contributed by atoms with Crippen LogP contribution in [0.4, 0.5) is 4.39 Å². The number of benzene rings is 2. The van der Waals surface area contributed by atoms with Gasteiger partial charge in [0.25, 0.3) is 0 Å². The molecule has 0 saturated heterocycles. The monoisotopic (exact) mass is 318 g/mol. The van der Waals surface area contributed by atoms with Crippen LogP contribution >= 0.6 is 11.6 Å². The summed E-state index contributed by atoms with van der Waals surface area (Å²) in [5, 5.41) is 24.1. The zero-order chi connectivity index (χ0) is 15.7. The fraction of sp³-hybridized carbons (Fsp3) is 0.133. The van der Waals surface area contributed by atoms with Crippen LogP contribution in [0.5, 0.6) is 0 Å². The lowest BCUT2D eigenvalue weighted by Gasteiger charge is -2.08. The van der Waals surface area contributed by atoms with Crippen molar-refractivity contribution in [2.75, 3.05) is 0 Å². The van der Waals surface area contributed by atoms with Gasteiger partial charge in [-0.05, 0) is 29.2 Å². The summed E-state index contributed by atoms with van der Waals surface area (Å²) in [6.07, 6.45) is 0.390. The smallest absolute Gasteiger partial charge is 0.423 e. The second kappa shape index (κ2) is 6.08. The van der Waals surface area contributed by atoms with E-state index in [1.165, 1.54) is 4.68 Å². The molecule has 0 aliphatic heterocycles. The topological polar surface area (TPSA) is 58.3 Å². The van der Waals surface area contributed by atoms with Gasteiger partial charge in [0.2, 0.25) is 0 Å². The van der Waals surface area contributed by atoms with E-state index in [0.29, 0.717) is 27.0 Å². The molecule has 1 aromatic heterocycles. The Hall–Kier alpha value is -1.89. The summed E-state index contributed by atoms with van der Waals surface area (Å²) in [4.78, 5) is 0. The third-order valence-corrected chi connectivity index (χ3v) is 3.74. The molecule has 3 rings (SSSR count). The standard InChI is InChI=1S/C15H13BClFN2O2/c17-11-6-4-10(5-7-11)14(18)9-20-8-12-13(16(21)22)2-1-3-15(12)19-20/h1-8,14,21-22H,9H2/t14-/m0/s1. The van der Waals surface area contributed by atoms with E-state index in [0.717, 1.165) is 0 Å². The maximum absolute atomic E-state index is 14.3. The number of aromatic nitrogens is 2. The van der Waals surface area contributed by atoms with Crippen molar-refractivity contribution in [3.05, 3.63) is 59.2 Å². The largest absolute Gasteiger partial charge is 0.489 e. The first-order valence-corrected chi connectivity index (χ1v) is 7.14. The Labute approximate surface area is 131 Å². The molecule has 7 heteroatoms. The number of hydrogen-bond acceptors (Lipinski definition) is 3. The number of fused-ring (bicyclic) bond motifs is 1. The van der Waals surface area contributed by atoms with Crippen molar-refractivity contribution in [3.63, 3.8) is 0 Å². The fourth-order valence-electron chi connectivity index (χ4n) is 2.37. The summed E-state index contributed by atoms with van der Waals surface area (Å²) < 4.78 is 15.8. The Bertz CT molecular complexity index is 792. The molecule has 4 nitrogen and oxygen atoms in total. The van der Waals surface area contributed by atoms with Crippen LogP contribution in [0.15, 0.2) is 48.7 Å². The first kappa shape index (κ1) is 15.0. The Balaban J connectivity index is 1.88. The minimum Gasteiger partial charge on any atom is -0.423 e. The molecule has 0 unspecified atom stereocenters. The van der Waals surface area contributed by atoms with Crippen molar-refractivity contribution >= 4 is 35.1 Å². The number of nitrogens with zero attached hydrogens (tertiary/aromatic N) is 2. The molecule has 0 radical (unpaired) electrons. The minimum absolute atomic E-state index is 0.0390. The molecule has 3 aromatic rings. The molecule has 22 heavy (non-hydrogen) atoms. The maximum Gasteiger partial charge on any atom is 0.489 e. The SMILES string of the molecule is OB(O)c1cccc2nn(C[C@H](F)c3ccc(Cl)cc3)cc12. The summed E-state index contributed by atoms with van der Waals surface area (Å²) in [7, 11) is -1.58. The Morgan fingerprint density at radius 1 is 1.18 bits per heavy atom. The molecular weight excluding hydrogens is 305 g/mol. The maximum atomic E-state index is 14.3. The molecule has 1 atom stereocenters. The van der Waals surface area contributed by atoms with Crippen LogP contribution in [0.2, 0.25) is 5.02 Å². The Morgan fingerprint density at radius 2 is 1.91 bits per heavy atom. The lowest BCUT2D eigenvalue weighted by molar-refractivity contribution is 0.293. The number of rotatable bonds is 4. The molecule has 1 heterocycles. The Morgan fingerprint density at radius 3 is 2.59 bits per heavy atom. The second-order valence-electron chi connectivity index (χ2n) is 5.02. The molecule has 0 bridgehead atoms. The van der Waals surface area contributed by atoms with E-state index in [9.17, 15) is 14.4 Å². The first-order chi connectivity index (χ1) is 10.5. The minimum atomic E-state index is -1.58. The van der Waals surface area contributed by atoms with Gasteiger partial charge in [-0.3, -0.25) is 4.68 Å². The van der Waals surface area contributed by atoms with Gasteiger partial charge in [0.05, 0.1) is 12.1 Å². The van der Waals surface area contributed by atoms with Crippen molar-refractivity contribution in [2.24, 2.45) is 0 Å². The number of hydrogen-bond donors (Lipinski definition) is 2. The third kappa shape index (κ3) is 2.99. The molecule has 2 aromatic carbocycles. The quantitative estimate of drug-likeness (QED) is 0.724. The molecule has 0 amide bonds. The highest BCUT2D eigenvalue weighted by Crippen LogP contribution is 2.22. The highest BCUT2D eigenvalue weighted by Gasteiger charge is 2.17. The van der Waals surface area contributed by atoms with Crippen molar-refractivity contribution in [2.45, 2.75) is 12.7 Å². The molecule has 0 aliphatic rings. The fourth-order valence-corrected chi connectivity index (χ4v) is 2.50. The lowest BCUT2D eigenvalue weighted by Crippen LogP contribution is -2.30. The summed E-state index contributed by atoms with van der Waals surface area (Å²) in [5.74, 6) is 0. The van der Waals surface area contributed by atoms with E-state index in [-0.39, 0.29) is 6.54 Å². The van der Waals surface area contributed by atoms with Gasteiger partial charge in [-0.15, -0.1) is 0 Å². The van der Waals surface area contributed by atoms with Crippen molar-refractivity contribution in [3.8, 4) is 0 Å². The number of alkyl halides is 1. The zero-order valence-electron chi connectivity index (χ0n) is 11.5. The number of halogens is 2. The second-order valence-corrected chi connectivity index (χ2v) is 5.46. The zero-order valence-corrected chi connectivity index (χ0v) is 12.3. The van der Waals surface area contributed by atoms with Gasteiger partial charge in [0, 0.05) is 16.6 Å². The summed E-state index contributed by atoms with van der Waals surface area (Å²) >= 11 is 5.79. The molecule has 0 fully saturated rings. The van der Waals surface area contributed by atoms with Gasteiger partial charge >= 0.3 is 7.12 Å². The highest BCUT2D eigenvalue weighted by molar-refractivity contribution is 6.61. The van der Waals surface area contributed by atoms with Gasteiger partial charge in [-0.25, -0.2) is 4.39 Å². The van der Waals surface area contributed by atoms with Crippen molar-refractivity contribution in [1.29, 1.82) is 0 Å². The van der Waals surface area contributed by atoms with E-state index in [2.05, 4.69) is 5.10 Å². The van der Waals surface area contributed by atoms with E-state index in [1.807, 2.05) is 0 Å². The highest BCUT2D eigenvalue weighted by atomic mass is 35.5. The predicted molar refractivity (Wildman–Crippen MR) is 84.9 cm³/mol. The van der Waals surface area contributed by atoms with Crippen molar-refractivity contribution in [1.82, 2.24) is 9.78 Å². The first-order valence-electron chi connectivity index (χ1n) is 6.76. The average Bonchev–Trinajstić information content (AvgIpc) is 2.89. The van der Waals surface area contributed by atoms with Crippen molar-refractivity contribution < 1.29 is 14.4 Å². The lowest BCUT2D eigenvalue weighted by atomic mass is 9.78. The molecule has 0 saturated carbocycles. The predicted octanol–water partition coefficient (Wildman–Crippen LogP) is 2.08. The van der Waals surface area contributed by atoms with E-state index < -0.39 is 13.3 Å². The van der Waals surface area contributed by atoms with Gasteiger partial charge in [0.15, 0.2) is 0 Å². The molecule has 2 N–H and O–H groups in total. The molecule has 0 aliphatic carbocycles. The van der Waals surface area contributed by atoms with Crippen LogP contribution in [0.1, 0.15) is 11.7 Å². The van der Waals surface area contributed by atoms with Crippen LogP contribution in [-0.4, -0.2) is 26.9 Å². The van der Waals surface area contributed by atoms with E-state index in [1.54, 1.807) is 48.7 Å². The Kier molecular flexibility index (Phi) is 4.15. The van der Waals surface area contributed by atoms with Gasteiger partial charge in [-0.2, -0.15) is 5.10 Å². The molecule has 112 valence electrons. The van der Waals surface area contributed by atoms with E-state index in [4.69, 9.17) is 11.6 Å². The van der Waals surface area contributed by atoms with Crippen LogP contribution < -0.4 is 5.46 Å². The van der Waals surface area contributed by atoms with Gasteiger partial charge in [0.1, 0.15) is 6.17 Å². The van der Waals surface area contributed by atoms with E-state index >= 15 is 0 Å². The third-order valence-electron chi connectivity index (χ3n) is 3.49. The summed E-state index contributed by atoms with van der Waals surface area (Å²) in [5.41, 5.74) is 1.46. The van der Waals surface area contributed by atoms with Gasteiger partial charge in [-0.1, -0.05) is 35.9 Å².